The van der Waals surface area contributed by atoms with Crippen LogP contribution in [0.2, 0.25) is 0 Å². The molecular formula is C35H48O10. The van der Waals surface area contributed by atoms with Gasteiger partial charge in [0.1, 0.15) is 30.0 Å². The molecule has 0 aromatic rings. The zero-order valence-electron chi connectivity index (χ0n) is 27.0. The number of aliphatic hydroxyl groups excluding tert-OH is 2. The molecule has 10 nitrogen and oxygen atoms in total. The molecule has 10 heteroatoms. The zero-order chi connectivity index (χ0) is 32.6. The molecule has 2 saturated carbocycles. The Morgan fingerprint density at radius 3 is 2.51 bits per heavy atom. The summed E-state index contributed by atoms with van der Waals surface area (Å²) < 4.78 is 33.0. The maximum atomic E-state index is 13.8. The lowest BCUT2D eigenvalue weighted by Gasteiger charge is -2.61. The lowest BCUT2D eigenvalue weighted by atomic mass is 9.53. The number of rotatable bonds is 12. The van der Waals surface area contributed by atoms with Gasteiger partial charge in [0.15, 0.2) is 17.0 Å². The normalized spacial score (nSPS) is 47.4. The Hall–Kier alpha value is -2.18. The molecule has 3 aliphatic heterocycles. The van der Waals surface area contributed by atoms with Crippen molar-refractivity contribution >= 4 is 11.8 Å². The molecule has 0 amide bonds. The van der Waals surface area contributed by atoms with Gasteiger partial charge in [-0.15, -0.1) is 0 Å². The molecule has 12 atom stereocenters. The highest BCUT2D eigenvalue weighted by molar-refractivity contribution is 6.05. The molecule has 0 spiro atoms. The van der Waals surface area contributed by atoms with Crippen LogP contribution in [0.5, 0.6) is 0 Å². The highest BCUT2D eigenvalue weighted by Gasteiger charge is 2.90. The van der Waals surface area contributed by atoms with Crippen LogP contribution >= 0.6 is 0 Å². The number of ether oxygens (including phenoxy) is 5. The third-order valence-corrected chi connectivity index (χ3v) is 11.3. The quantitative estimate of drug-likeness (QED) is 0.0965. The van der Waals surface area contributed by atoms with Crippen LogP contribution in [-0.2, 0) is 33.3 Å². The van der Waals surface area contributed by atoms with Gasteiger partial charge in [-0.2, -0.15) is 0 Å². The predicted octanol–water partition coefficient (Wildman–Crippen LogP) is 3.58. The number of epoxide rings is 1. The summed E-state index contributed by atoms with van der Waals surface area (Å²) in [5, 5.41) is 34.7. The molecule has 3 N–H and O–H groups in total. The fourth-order valence-corrected chi connectivity index (χ4v) is 9.01. The molecule has 6 aliphatic rings. The van der Waals surface area contributed by atoms with Gasteiger partial charge >= 0.3 is 11.9 Å². The van der Waals surface area contributed by atoms with E-state index in [0.717, 1.165) is 32.1 Å². The van der Waals surface area contributed by atoms with Crippen molar-refractivity contribution in [1.82, 2.24) is 0 Å². The van der Waals surface area contributed by atoms with Crippen molar-refractivity contribution in [3.8, 4) is 0 Å². The summed E-state index contributed by atoms with van der Waals surface area (Å²) >= 11 is 0. The number of allylic oxidation sites excluding steroid dienone is 3. The molecule has 3 aliphatic carbocycles. The standard InChI is InChI=1S/C35H48O10/c1-7-9-11-12-13-14-15-17-32-43-29-25-28-31(19-36,42-28)30(39)33(40)23(18-21(5)26(33)38)35(25,45-32)22(6)27(34(29,44-32)20(3)4)41-24(37)16-10-8-2/h13-15,17-18,22-23,25,27-30,36,39-40H,3,7-12,16,19H2,1-2,4-6H3/b14-13+,17-15+/t22-,23-,25+,27-,28+,29-,30-,31+,32?,33-,34+,35+/m1/s1. The van der Waals surface area contributed by atoms with Gasteiger partial charge in [-0.25, -0.2) is 0 Å². The van der Waals surface area contributed by atoms with Crippen LogP contribution in [0.25, 0.3) is 0 Å². The summed E-state index contributed by atoms with van der Waals surface area (Å²) in [6.07, 6.45) is 10.4. The second-order valence-electron chi connectivity index (χ2n) is 13.9. The minimum absolute atomic E-state index is 0.200. The molecule has 5 fully saturated rings. The number of unbranched alkanes of at least 4 members (excludes halogenated alkanes) is 4. The van der Waals surface area contributed by atoms with Gasteiger partial charge in [0.05, 0.1) is 12.2 Å². The SMILES string of the molecule is C=C(C)[C@@]12OC3(/C=C/C=C/CCCCC)O[C@@H]1[C@@H]1[C@@H]4O[C@]4(CO)[C@@H](O)[C@]4(O)C(=O)C(C)=C[C@H]4[C@@]1(O3)[C@H](C)[C@H]2OC(=O)CCCC. The summed E-state index contributed by atoms with van der Waals surface area (Å²) in [5.74, 6) is -5.44. The van der Waals surface area contributed by atoms with Gasteiger partial charge in [0, 0.05) is 30.3 Å². The van der Waals surface area contributed by atoms with E-state index in [1.54, 1.807) is 32.1 Å². The average Bonchev–Trinajstić information content (AvgIpc) is 3.64. The Morgan fingerprint density at radius 1 is 1.11 bits per heavy atom. The first-order valence-corrected chi connectivity index (χ1v) is 16.6. The Bertz CT molecular complexity index is 1340. The lowest BCUT2D eigenvalue weighted by Crippen LogP contribution is -2.76. The first kappa shape index (κ1) is 32.7. The maximum Gasteiger partial charge on any atom is 0.307 e. The Morgan fingerprint density at radius 2 is 1.84 bits per heavy atom. The molecule has 6 rings (SSSR count). The molecule has 45 heavy (non-hydrogen) atoms. The van der Waals surface area contributed by atoms with E-state index in [4.69, 9.17) is 23.7 Å². The van der Waals surface area contributed by atoms with E-state index in [2.05, 4.69) is 19.6 Å². The number of ketones is 1. The largest absolute Gasteiger partial charge is 0.458 e. The summed E-state index contributed by atoms with van der Waals surface area (Å²) in [7, 11) is 0. The number of carbonyl (C=O) groups is 2. The van der Waals surface area contributed by atoms with E-state index < -0.39 is 88.9 Å². The van der Waals surface area contributed by atoms with Crippen molar-refractivity contribution in [1.29, 1.82) is 0 Å². The van der Waals surface area contributed by atoms with Crippen molar-refractivity contribution in [3.63, 3.8) is 0 Å². The molecule has 3 bridgehead atoms. The third-order valence-electron chi connectivity index (χ3n) is 11.3. The van der Waals surface area contributed by atoms with Crippen LogP contribution in [0.1, 0.15) is 79.6 Å². The molecule has 3 heterocycles. The van der Waals surface area contributed by atoms with E-state index in [9.17, 15) is 24.9 Å². The first-order valence-electron chi connectivity index (χ1n) is 16.6. The van der Waals surface area contributed by atoms with Crippen LogP contribution in [0.3, 0.4) is 0 Å². The third kappa shape index (κ3) is 4.26. The Balaban J connectivity index is 1.53. The summed E-state index contributed by atoms with van der Waals surface area (Å²) in [5.41, 5.74) is -6.11. The van der Waals surface area contributed by atoms with Gasteiger partial charge in [-0.3, -0.25) is 9.59 Å². The number of Topliss-reactive ketones (excluding diaryl/α,β-unsaturated/α-hetero) is 1. The molecule has 0 aromatic carbocycles. The predicted molar refractivity (Wildman–Crippen MR) is 162 cm³/mol. The van der Waals surface area contributed by atoms with Crippen molar-refractivity contribution in [2.24, 2.45) is 17.8 Å². The van der Waals surface area contributed by atoms with Gasteiger partial charge in [0.25, 0.3) is 0 Å². The Labute approximate surface area is 265 Å². The number of esters is 1. The zero-order valence-corrected chi connectivity index (χ0v) is 27.0. The average molecular weight is 629 g/mol. The van der Waals surface area contributed by atoms with E-state index in [0.29, 0.717) is 12.0 Å². The van der Waals surface area contributed by atoms with Crippen molar-refractivity contribution < 1.29 is 48.6 Å². The number of aliphatic hydroxyl groups is 3. The highest BCUT2D eigenvalue weighted by atomic mass is 16.9. The van der Waals surface area contributed by atoms with E-state index >= 15 is 0 Å². The molecule has 0 radical (unpaired) electrons. The minimum Gasteiger partial charge on any atom is -0.458 e. The van der Waals surface area contributed by atoms with E-state index in [1.165, 1.54) is 0 Å². The number of carbonyl (C=O) groups excluding carboxylic acids is 2. The maximum absolute atomic E-state index is 13.8. The summed E-state index contributed by atoms with van der Waals surface area (Å²) in [6, 6.07) is 0. The van der Waals surface area contributed by atoms with Crippen LogP contribution in [0, 0.1) is 17.8 Å². The number of hydrogen-bond acceptors (Lipinski definition) is 10. The monoisotopic (exact) mass is 628 g/mol. The smallest absolute Gasteiger partial charge is 0.307 e. The minimum atomic E-state index is -2.38. The van der Waals surface area contributed by atoms with Gasteiger partial charge in [-0.1, -0.05) is 70.9 Å². The summed E-state index contributed by atoms with van der Waals surface area (Å²) in [4.78, 5) is 27.1. The highest BCUT2D eigenvalue weighted by Crippen LogP contribution is 2.73. The van der Waals surface area contributed by atoms with Crippen molar-refractivity contribution in [2.45, 2.75) is 132 Å². The molecule has 0 aromatic heterocycles. The molecule has 248 valence electrons. The first-order chi connectivity index (χ1) is 21.4. The van der Waals surface area contributed by atoms with Crippen LogP contribution < -0.4 is 0 Å². The fraction of sp³-hybridized carbons (Fsp3) is 0.714. The van der Waals surface area contributed by atoms with Crippen molar-refractivity contribution in [2.75, 3.05) is 6.61 Å². The fourth-order valence-electron chi connectivity index (χ4n) is 9.01. The Kier molecular flexibility index (Phi) is 8.16. The van der Waals surface area contributed by atoms with Crippen molar-refractivity contribution in [3.05, 3.63) is 48.1 Å². The van der Waals surface area contributed by atoms with Crippen LogP contribution in [0.15, 0.2) is 48.1 Å². The molecule has 3 saturated heterocycles. The van der Waals surface area contributed by atoms with Crippen LogP contribution in [0.4, 0.5) is 0 Å². The van der Waals surface area contributed by atoms with Gasteiger partial charge in [0.2, 0.25) is 0 Å². The second-order valence-corrected chi connectivity index (χ2v) is 13.9. The summed E-state index contributed by atoms with van der Waals surface area (Å²) in [6.45, 7) is 13.0. The lowest BCUT2D eigenvalue weighted by molar-refractivity contribution is -0.407. The number of hydrogen-bond donors (Lipinski definition) is 3. The van der Waals surface area contributed by atoms with E-state index in [1.807, 2.05) is 19.9 Å². The van der Waals surface area contributed by atoms with Gasteiger partial charge < -0.3 is 39.0 Å². The molecular weight excluding hydrogens is 580 g/mol. The topological polar surface area (TPSA) is 144 Å². The van der Waals surface area contributed by atoms with Crippen LogP contribution in [-0.4, -0.2) is 86.5 Å². The number of fused-ring (bicyclic) bond motifs is 3. The van der Waals surface area contributed by atoms with E-state index in [-0.39, 0.29) is 12.0 Å². The van der Waals surface area contributed by atoms with Gasteiger partial charge in [-0.05, 0) is 44.3 Å². The second kappa shape index (κ2) is 11.2. The molecule has 1 unspecified atom stereocenters.